The third-order valence-electron chi connectivity index (χ3n) is 3.98. The van der Waals surface area contributed by atoms with Gasteiger partial charge < -0.3 is 10.4 Å². The Balaban J connectivity index is 0.00000108. The highest BCUT2D eigenvalue weighted by molar-refractivity contribution is 5.85. The Morgan fingerprint density at radius 1 is 1.47 bits per heavy atom. The van der Waals surface area contributed by atoms with Gasteiger partial charge in [0.05, 0.1) is 6.10 Å². The maximum Gasteiger partial charge on any atom is 0.123 e. The molecule has 2 heterocycles. The van der Waals surface area contributed by atoms with Crippen LogP contribution >= 0.6 is 12.4 Å². The van der Waals surface area contributed by atoms with Gasteiger partial charge in [-0.05, 0) is 43.4 Å². The quantitative estimate of drug-likeness (QED) is 0.853. The van der Waals surface area contributed by atoms with Gasteiger partial charge >= 0.3 is 0 Å². The zero-order chi connectivity index (χ0) is 11.3. The molecule has 2 saturated heterocycles. The van der Waals surface area contributed by atoms with Crippen LogP contribution in [0.25, 0.3) is 0 Å². The van der Waals surface area contributed by atoms with Gasteiger partial charge in [0.2, 0.25) is 0 Å². The number of hydrogen-bond donors (Lipinski definition) is 2. The van der Waals surface area contributed by atoms with Crippen LogP contribution in [0.3, 0.4) is 0 Å². The molecule has 94 valence electrons. The lowest BCUT2D eigenvalue weighted by atomic mass is 9.72. The third-order valence-corrected chi connectivity index (χ3v) is 3.98. The molecule has 3 fully saturated rings. The predicted octanol–water partition coefficient (Wildman–Crippen LogP) is 2.42. The van der Waals surface area contributed by atoms with Crippen LogP contribution in [0.4, 0.5) is 4.39 Å². The SMILES string of the molecule is CC12CC(C1)[C@@H]([C@H](O)c1cccc(F)c1)N2.Cl. The first-order chi connectivity index (χ1) is 7.57. The van der Waals surface area contributed by atoms with Crippen molar-refractivity contribution >= 4 is 12.4 Å². The molecule has 2 aliphatic heterocycles. The number of aliphatic hydroxyl groups is 1. The molecule has 2 atom stereocenters. The first kappa shape index (κ1) is 12.8. The Morgan fingerprint density at radius 2 is 2.18 bits per heavy atom. The summed E-state index contributed by atoms with van der Waals surface area (Å²) < 4.78 is 13.1. The van der Waals surface area contributed by atoms with Crippen molar-refractivity contribution < 1.29 is 9.50 Å². The van der Waals surface area contributed by atoms with E-state index in [9.17, 15) is 9.50 Å². The monoisotopic (exact) mass is 257 g/mol. The maximum absolute atomic E-state index is 13.1. The van der Waals surface area contributed by atoms with Gasteiger partial charge in [0.15, 0.2) is 0 Å². The molecule has 0 radical (unpaired) electrons. The highest BCUT2D eigenvalue weighted by Gasteiger charge is 2.54. The van der Waals surface area contributed by atoms with Crippen molar-refractivity contribution in [1.29, 1.82) is 0 Å². The molecule has 2 nitrogen and oxygen atoms in total. The molecule has 1 aliphatic carbocycles. The molecule has 1 aromatic rings. The topological polar surface area (TPSA) is 32.3 Å². The lowest BCUT2D eigenvalue weighted by Gasteiger charge is -2.33. The third kappa shape index (κ3) is 2.07. The molecule has 0 amide bonds. The predicted molar refractivity (Wildman–Crippen MR) is 66.7 cm³/mol. The second-order valence-corrected chi connectivity index (χ2v) is 5.40. The van der Waals surface area contributed by atoms with Gasteiger partial charge in [0, 0.05) is 11.6 Å². The van der Waals surface area contributed by atoms with E-state index in [1.807, 2.05) is 0 Å². The number of rotatable bonds is 2. The van der Waals surface area contributed by atoms with Crippen molar-refractivity contribution in [2.75, 3.05) is 0 Å². The van der Waals surface area contributed by atoms with Crippen molar-refractivity contribution in [3.8, 4) is 0 Å². The second-order valence-electron chi connectivity index (χ2n) is 5.40. The molecule has 1 saturated carbocycles. The Hall–Kier alpha value is -0.640. The summed E-state index contributed by atoms with van der Waals surface area (Å²) in [4.78, 5) is 0. The minimum Gasteiger partial charge on any atom is -0.387 e. The molecule has 1 aromatic carbocycles. The summed E-state index contributed by atoms with van der Waals surface area (Å²) in [6.45, 7) is 2.18. The summed E-state index contributed by atoms with van der Waals surface area (Å²) in [5.41, 5.74) is 0.887. The average Bonchev–Trinajstić information content (AvgIpc) is 2.70. The minimum absolute atomic E-state index is 0. The van der Waals surface area contributed by atoms with Gasteiger partial charge in [0.25, 0.3) is 0 Å². The van der Waals surface area contributed by atoms with E-state index in [1.54, 1.807) is 12.1 Å². The number of halogens is 2. The van der Waals surface area contributed by atoms with Gasteiger partial charge in [-0.1, -0.05) is 12.1 Å². The lowest BCUT2D eigenvalue weighted by Crippen LogP contribution is -2.40. The van der Waals surface area contributed by atoms with E-state index < -0.39 is 6.10 Å². The molecular weight excluding hydrogens is 241 g/mol. The molecule has 4 rings (SSSR count). The van der Waals surface area contributed by atoms with Crippen LogP contribution < -0.4 is 5.32 Å². The molecule has 2 N–H and O–H groups in total. The first-order valence-corrected chi connectivity index (χ1v) is 5.79. The number of hydrogen-bond acceptors (Lipinski definition) is 2. The van der Waals surface area contributed by atoms with Crippen LogP contribution in [0.1, 0.15) is 31.4 Å². The van der Waals surface area contributed by atoms with Crippen LogP contribution in [-0.4, -0.2) is 16.7 Å². The van der Waals surface area contributed by atoms with Crippen molar-refractivity contribution in [2.45, 2.75) is 37.5 Å². The van der Waals surface area contributed by atoms with E-state index in [0.29, 0.717) is 11.5 Å². The fraction of sp³-hybridized carbons (Fsp3) is 0.538. The molecule has 17 heavy (non-hydrogen) atoms. The van der Waals surface area contributed by atoms with Gasteiger partial charge in [-0.25, -0.2) is 4.39 Å². The first-order valence-electron chi connectivity index (χ1n) is 5.79. The average molecular weight is 258 g/mol. The fourth-order valence-electron chi connectivity index (χ4n) is 3.22. The molecule has 0 spiro atoms. The normalized spacial score (nSPS) is 35.9. The highest BCUT2D eigenvalue weighted by Crippen LogP contribution is 2.50. The largest absolute Gasteiger partial charge is 0.387 e. The number of nitrogens with one attached hydrogen (secondary N) is 1. The van der Waals surface area contributed by atoms with E-state index in [0.717, 1.165) is 12.8 Å². The summed E-state index contributed by atoms with van der Waals surface area (Å²) in [5.74, 6) is 0.261. The smallest absolute Gasteiger partial charge is 0.123 e. The standard InChI is InChI=1S/C13H16FNO.ClH/c1-13-6-9(7-13)11(15-13)12(16)8-3-2-4-10(14)5-8;/h2-5,9,11-12,15-16H,6-7H2,1H3;1H/t9?,11-,12+,13?;/m0./s1. The van der Waals surface area contributed by atoms with Crippen LogP contribution in [0.2, 0.25) is 0 Å². The number of benzene rings is 1. The molecule has 4 heteroatoms. The van der Waals surface area contributed by atoms with Crippen LogP contribution in [0.15, 0.2) is 24.3 Å². The maximum atomic E-state index is 13.1. The van der Waals surface area contributed by atoms with E-state index in [4.69, 9.17) is 0 Å². The van der Waals surface area contributed by atoms with Gasteiger partial charge in [-0.3, -0.25) is 0 Å². The summed E-state index contributed by atoms with van der Waals surface area (Å²) in [6, 6.07) is 6.35. The van der Waals surface area contributed by atoms with E-state index >= 15 is 0 Å². The Bertz CT molecular complexity index is 420. The summed E-state index contributed by atoms with van der Waals surface area (Å²) >= 11 is 0. The van der Waals surface area contributed by atoms with Crippen LogP contribution in [0.5, 0.6) is 0 Å². The van der Waals surface area contributed by atoms with Crippen molar-refractivity contribution in [1.82, 2.24) is 5.32 Å². The van der Waals surface area contributed by atoms with Gasteiger partial charge in [0.1, 0.15) is 5.82 Å². The van der Waals surface area contributed by atoms with E-state index in [2.05, 4.69) is 12.2 Å². The summed E-state index contributed by atoms with van der Waals surface area (Å²) in [6.07, 6.45) is 1.67. The van der Waals surface area contributed by atoms with E-state index in [1.165, 1.54) is 12.1 Å². The Kier molecular flexibility index (Phi) is 3.19. The van der Waals surface area contributed by atoms with Crippen LogP contribution in [0, 0.1) is 11.7 Å². The summed E-state index contributed by atoms with van der Waals surface area (Å²) in [5, 5.41) is 13.7. The van der Waals surface area contributed by atoms with E-state index in [-0.39, 0.29) is 29.8 Å². The molecule has 0 aromatic heterocycles. The molecule has 2 bridgehead atoms. The molecular formula is C13H17ClFNO. The van der Waals surface area contributed by atoms with Crippen LogP contribution in [-0.2, 0) is 0 Å². The fourth-order valence-corrected chi connectivity index (χ4v) is 3.22. The highest BCUT2D eigenvalue weighted by atomic mass is 35.5. The zero-order valence-electron chi connectivity index (χ0n) is 9.69. The Labute approximate surface area is 107 Å². The lowest BCUT2D eigenvalue weighted by molar-refractivity contribution is 0.121. The number of fused-ring (bicyclic) bond motifs is 1. The summed E-state index contributed by atoms with van der Waals surface area (Å²) in [7, 11) is 0. The van der Waals surface area contributed by atoms with Gasteiger partial charge in [-0.15, -0.1) is 12.4 Å². The zero-order valence-corrected chi connectivity index (χ0v) is 10.5. The number of aliphatic hydroxyl groups excluding tert-OH is 1. The molecule has 0 unspecified atom stereocenters. The minimum atomic E-state index is -0.593. The molecule has 3 aliphatic rings. The van der Waals surface area contributed by atoms with Gasteiger partial charge in [-0.2, -0.15) is 0 Å². The second kappa shape index (κ2) is 4.23. The van der Waals surface area contributed by atoms with Crippen molar-refractivity contribution in [2.24, 2.45) is 5.92 Å². The van der Waals surface area contributed by atoms with Crippen molar-refractivity contribution in [3.63, 3.8) is 0 Å². The Morgan fingerprint density at radius 3 is 2.71 bits per heavy atom. The van der Waals surface area contributed by atoms with Crippen molar-refractivity contribution in [3.05, 3.63) is 35.6 Å².